The lowest BCUT2D eigenvalue weighted by molar-refractivity contribution is -0.137. The van der Waals surface area contributed by atoms with Gasteiger partial charge in [0.15, 0.2) is 11.3 Å². The Morgan fingerprint density at radius 3 is 2.62 bits per heavy atom. The molecule has 5 aromatic rings. The van der Waals surface area contributed by atoms with Crippen LogP contribution in [0.2, 0.25) is 25.7 Å². The Morgan fingerprint density at radius 2 is 1.90 bits per heavy atom. The van der Waals surface area contributed by atoms with Crippen LogP contribution in [0.15, 0.2) is 53.8 Å². The number of imidazole rings is 2. The molecule has 5 rings (SSSR count). The summed E-state index contributed by atoms with van der Waals surface area (Å²) in [6.45, 7) is 10.3. The monoisotopic (exact) mass is 571 g/mol. The van der Waals surface area contributed by atoms with E-state index in [1.165, 1.54) is 10.5 Å². The van der Waals surface area contributed by atoms with E-state index in [-0.39, 0.29) is 19.0 Å². The lowest BCUT2D eigenvalue weighted by Crippen LogP contribution is -2.27. The van der Waals surface area contributed by atoms with Crippen molar-refractivity contribution in [1.82, 2.24) is 33.3 Å². The van der Waals surface area contributed by atoms with Crippen molar-refractivity contribution >= 4 is 24.9 Å². The van der Waals surface area contributed by atoms with E-state index in [0.717, 1.165) is 24.6 Å². The highest BCUT2D eigenvalue weighted by Crippen LogP contribution is 2.30. The second-order valence-corrected chi connectivity index (χ2v) is 16.7. The van der Waals surface area contributed by atoms with E-state index < -0.39 is 19.8 Å². The van der Waals surface area contributed by atoms with Gasteiger partial charge < -0.3 is 4.74 Å². The van der Waals surface area contributed by atoms with Crippen molar-refractivity contribution in [2.24, 2.45) is 0 Å². The number of fused-ring (bicyclic) bond motifs is 3. The molecule has 0 fully saturated rings. The van der Waals surface area contributed by atoms with Gasteiger partial charge >= 0.3 is 11.9 Å². The molecule has 0 atom stereocenters. The number of benzene rings is 1. The second kappa shape index (κ2) is 10.7. The van der Waals surface area contributed by atoms with Gasteiger partial charge in [-0.25, -0.2) is 19.2 Å². The Labute approximate surface area is 229 Å². The number of ether oxygens (including phenoxy) is 1. The molecule has 0 N–H and O–H groups in total. The Kier molecular flexibility index (Phi) is 7.44. The smallest absolute Gasteiger partial charge is 0.361 e. The van der Waals surface area contributed by atoms with Gasteiger partial charge in [0, 0.05) is 39.8 Å². The van der Waals surface area contributed by atoms with Crippen LogP contribution in [0.5, 0.6) is 0 Å². The lowest BCUT2D eigenvalue weighted by atomic mass is 10.1. The number of aromatic nitrogens is 7. The summed E-state index contributed by atoms with van der Waals surface area (Å²) in [6, 6.07) is 6.19. The number of nitrogens with zero attached hydrogens (tertiary/aromatic N) is 7. The van der Waals surface area contributed by atoms with Gasteiger partial charge in [-0.2, -0.15) is 18.3 Å². The summed E-state index contributed by atoms with van der Waals surface area (Å²) in [5, 5.41) is 4.41. The van der Waals surface area contributed by atoms with Gasteiger partial charge in [-0.15, -0.1) is 0 Å². The van der Waals surface area contributed by atoms with Crippen molar-refractivity contribution in [3.8, 4) is 11.4 Å². The highest BCUT2D eigenvalue weighted by atomic mass is 28.3. The number of hydrogen-bond donors (Lipinski definition) is 0. The van der Waals surface area contributed by atoms with Gasteiger partial charge in [0.25, 0.3) is 0 Å². The maximum atomic E-state index is 13.2. The molecule has 9 nitrogen and oxygen atoms in total. The van der Waals surface area contributed by atoms with Crippen molar-refractivity contribution in [1.29, 1.82) is 0 Å². The highest BCUT2D eigenvalue weighted by Gasteiger charge is 2.30. The predicted molar refractivity (Wildman–Crippen MR) is 149 cm³/mol. The number of hydrogen-bond acceptors (Lipinski definition) is 5. The summed E-state index contributed by atoms with van der Waals surface area (Å²) in [6.07, 6.45) is 2.91. The molecule has 0 aliphatic heterocycles. The molecule has 0 saturated carbocycles. The summed E-state index contributed by atoms with van der Waals surface area (Å²) >= 11 is 0. The number of rotatable bonds is 10. The van der Waals surface area contributed by atoms with Crippen molar-refractivity contribution in [3.05, 3.63) is 70.7 Å². The Hall–Kier alpha value is -3.71. The van der Waals surface area contributed by atoms with Gasteiger partial charge in [0.1, 0.15) is 18.1 Å². The molecule has 0 unspecified atom stereocenters. The molecule has 0 aliphatic rings. The van der Waals surface area contributed by atoms with E-state index in [1.54, 1.807) is 40.1 Å². The first-order valence-electron chi connectivity index (χ1n) is 13.2. The van der Waals surface area contributed by atoms with E-state index in [2.05, 4.69) is 29.7 Å². The Balaban J connectivity index is 1.57. The van der Waals surface area contributed by atoms with E-state index in [4.69, 9.17) is 9.72 Å². The zero-order valence-corrected chi connectivity index (χ0v) is 23.9. The Morgan fingerprint density at radius 1 is 1.10 bits per heavy atom. The van der Waals surface area contributed by atoms with Crippen LogP contribution in [0.1, 0.15) is 24.5 Å². The topological polar surface area (TPSA) is 84.2 Å². The van der Waals surface area contributed by atoms with Crippen LogP contribution in [0.3, 0.4) is 0 Å². The van der Waals surface area contributed by atoms with Crippen LogP contribution in [0.25, 0.3) is 28.2 Å². The largest absolute Gasteiger partial charge is 0.416 e. The number of halogens is 3. The molecule has 4 heterocycles. The molecular formula is C27H32F3N7O2Si. The average Bonchev–Trinajstić information content (AvgIpc) is 3.62. The fourth-order valence-electron chi connectivity index (χ4n) is 4.61. The van der Waals surface area contributed by atoms with Crippen molar-refractivity contribution in [3.63, 3.8) is 0 Å². The third-order valence-electron chi connectivity index (χ3n) is 6.65. The summed E-state index contributed by atoms with van der Waals surface area (Å²) < 4.78 is 52.4. The molecule has 0 aliphatic carbocycles. The molecule has 4 aromatic heterocycles. The van der Waals surface area contributed by atoms with Gasteiger partial charge in [-0.3, -0.25) is 13.8 Å². The summed E-state index contributed by atoms with van der Waals surface area (Å²) in [5.41, 5.74) is 1.86. The summed E-state index contributed by atoms with van der Waals surface area (Å²) in [7, 11) is -1.32. The molecule has 0 spiro atoms. The third-order valence-corrected chi connectivity index (χ3v) is 8.35. The minimum absolute atomic E-state index is 0.155. The SMILES string of the molecule is CCCn1c(=O)n2ccnc2c2c1nc(-c1cnn(Cc3cccc(C(F)(F)F)c3)c1)n2COCC[Si](C)(C)C. The third kappa shape index (κ3) is 5.61. The van der Waals surface area contributed by atoms with Gasteiger partial charge in [-0.05, 0) is 30.2 Å². The number of alkyl halides is 3. The molecular weight excluding hydrogens is 539 g/mol. The van der Waals surface area contributed by atoms with Crippen molar-refractivity contribution in [2.45, 2.75) is 65.0 Å². The van der Waals surface area contributed by atoms with Crippen molar-refractivity contribution in [2.75, 3.05) is 6.61 Å². The maximum Gasteiger partial charge on any atom is 0.416 e. The normalized spacial score (nSPS) is 12.7. The number of aryl methyl sites for hydroxylation is 1. The molecule has 0 saturated heterocycles. The molecule has 40 heavy (non-hydrogen) atoms. The first kappa shape index (κ1) is 27.8. The van der Waals surface area contributed by atoms with Crippen LogP contribution >= 0.6 is 0 Å². The lowest BCUT2D eigenvalue weighted by Gasteiger charge is -2.16. The van der Waals surface area contributed by atoms with E-state index in [9.17, 15) is 18.0 Å². The minimum atomic E-state index is -4.42. The second-order valence-electron chi connectivity index (χ2n) is 11.1. The quantitative estimate of drug-likeness (QED) is 0.163. The Bertz CT molecular complexity index is 1710. The molecule has 1 aromatic carbocycles. The van der Waals surface area contributed by atoms with E-state index >= 15 is 0 Å². The van der Waals surface area contributed by atoms with E-state index in [1.807, 2.05) is 11.5 Å². The zero-order valence-electron chi connectivity index (χ0n) is 22.9. The van der Waals surface area contributed by atoms with Crippen molar-refractivity contribution < 1.29 is 17.9 Å². The molecule has 212 valence electrons. The predicted octanol–water partition coefficient (Wildman–Crippen LogP) is 5.50. The summed E-state index contributed by atoms with van der Waals surface area (Å²) in [4.78, 5) is 22.6. The van der Waals surface area contributed by atoms with Crippen LogP contribution < -0.4 is 5.69 Å². The van der Waals surface area contributed by atoms with Crippen LogP contribution in [0.4, 0.5) is 13.2 Å². The van der Waals surface area contributed by atoms with Crippen LogP contribution in [0, 0.1) is 0 Å². The maximum absolute atomic E-state index is 13.2. The van der Waals surface area contributed by atoms with Gasteiger partial charge in [0.2, 0.25) is 0 Å². The first-order chi connectivity index (χ1) is 19.0. The molecule has 0 bridgehead atoms. The first-order valence-corrected chi connectivity index (χ1v) is 16.9. The highest BCUT2D eigenvalue weighted by molar-refractivity contribution is 6.76. The fraction of sp³-hybridized carbons (Fsp3) is 0.407. The molecule has 0 amide bonds. The van der Waals surface area contributed by atoms with Crippen LogP contribution in [-0.4, -0.2) is 48.0 Å². The van der Waals surface area contributed by atoms with Crippen LogP contribution in [-0.2, 0) is 30.7 Å². The zero-order chi connectivity index (χ0) is 28.7. The van der Waals surface area contributed by atoms with Gasteiger partial charge in [-0.1, -0.05) is 38.7 Å². The van der Waals surface area contributed by atoms with E-state index in [0.29, 0.717) is 46.9 Å². The fourth-order valence-corrected chi connectivity index (χ4v) is 5.36. The summed E-state index contributed by atoms with van der Waals surface area (Å²) in [5.74, 6) is 0.540. The molecule has 0 radical (unpaired) electrons. The minimum Gasteiger partial charge on any atom is -0.361 e. The molecule has 13 heteroatoms. The average molecular weight is 572 g/mol. The standard InChI is InChI=1S/C27H32F3N7O2Si/c1-5-10-35-25-22(24-31-9-11-36(24)26(35)38)37(18-39-12-13-40(2,3)4)23(33-25)20-15-32-34(17-20)16-19-7-6-8-21(14-19)27(28,29)30/h6-9,11,14-15,17H,5,10,12-13,16,18H2,1-4H3. The van der Waals surface area contributed by atoms with Gasteiger partial charge in [0.05, 0.1) is 23.9 Å².